The Morgan fingerprint density at radius 2 is 2.38 bits per heavy atom. The maximum atomic E-state index is 10.8. The van der Waals surface area contributed by atoms with Crippen molar-refractivity contribution >= 4 is 11.8 Å². The summed E-state index contributed by atoms with van der Waals surface area (Å²) in [6, 6.07) is 1.33. The number of nitrogens with two attached hydrogens (primary N) is 1. The molecule has 0 aliphatic rings. The molecule has 1 heterocycles. The highest BCUT2D eigenvalue weighted by atomic mass is 16.4. The average molecular weight is 183 g/mol. The largest absolute Gasteiger partial charge is 0.481 e. The lowest BCUT2D eigenvalue weighted by Gasteiger charge is -2.05. The summed E-state index contributed by atoms with van der Waals surface area (Å²) in [5.41, 5.74) is 4.89. The number of rotatable bonds is 2. The molecule has 0 aromatic carbocycles. The molecule has 0 spiro atoms. The number of aromatic nitrogens is 2. The van der Waals surface area contributed by atoms with E-state index >= 15 is 0 Å². The van der Waals surface area contributed by atoms with E-state index in [2.05, 4.69) is 9.97 Å². The average Bonchev–Trinajstić information content (AvgIpc) is 2.01. The van der Waals surface area contributed by atoms with Crippen LogP contribution < -0.4 is 11.4 Å². The van der Waals surface area contributed by atoms with Gasteiger partial charge in [0, 0.05) is 11.8 Å². The van der Waals surface area contributed by atoms with Gasteiger partial charge in [0.1, 0.15) is 5.82 Å². The summed E-state index contributed by atoms with van der Waals surface area (Å²) in [5, 5.41) is 8.63. The number of nitrogens with zero attached hydrogens (tertiary/aromatic N) is 1. The highest BCUT2D eigenvalue weighted by molar-refractivity contribution is 5.75. The summed E-state index contributed by atoms with van der Waals surface area (Å²) in [4.78, 5) is 27.0. The highest BCUT2D eigenvalue weighted by Crippen LogP contribution is 2.11. The molecule has 0 radical (unpaired) electrons. The molecule has 0 aliphatic carbocycles. The van der Waals surface area contributed by atoms with Crippen LogP contribution in [0.5, 0.6) is 0 Å². The molecule has 0 saturated heterocycles. The van der Waals surface area contributed by atoms with E-state index in [0.29, 0.717) is 0 Å². The number of nitrogen functional groups attached to an aromatic ring is 1. The maximum absolute atomic E-state index is 10.8. The number of carboxylic acids is 1. The second-order valence-electron chi connectivity index (χ2n) is 2.63. The minimum absolute atomic E-state index is 0.0202. The van der Waals surface area contributed by atoms with Gasteiger partial charge in [0.15, 0.2) is 0 Å². The summed E-state index contributed by atoms with van der Waals surface area (Å²) in [7, 11) is 0. The first-order valence-corrected chi connectivity index (χ1v) is 3.60. The molecule has 1 aromatic heterocycles. The number of carboxylic acid groups (broad SMARTS) is 1. The van der Waals surface area contributed by atoms with Crippen LogP contribution in [0.2, 0.25) is 0 Å². The molecule has 0 aliphatic heterocycles. The second-order valence-corrected chi connectivity index (χ2v) is 2.63. The lowest BCUT2D eigenvalue weighted by molar-refractivity contribution is -0.138. The van der Waals surface area contributed by atoms with Crippen molar-refractivity contribution in [3.05, 3.63) is 22.2 Å². The van der Waals surface area contributed by atoms with Crippen molar-refractivity contribution in [1.82, 2.24) is 9.97 Å². The van der Waals surface area contributed by atoms with Crippen molar-refractivity contribution in [3.63, 3.8) is 0 Å². The quantitative estimate of drug-likeness (QED) is 0.574. The Morgan fingerprint density at radius 1 is 1.77 bits per heavy atom. The molecule has 6 heteroatoms. The van der Waals surface area contributed by atoms with E-state index in [-0.39, 0.29) is 11.5 Å². The highest BCUT2D eigenvalue weighted by Gasteiger charge is 2.15. The van der Waals surface area contributed by atoms with E-state index in [9.17, 15) is 9.59 Å². The predicted octanol–water partition coefficient (Wildman–Crippen LogP) is -0.460. The molecule has 13 heavy (non-hydrogen) atoms. The Kier molecular flexibility index (Phi) is 2.32. The number of hydrogen-bond acceptors (Lipinski definition) is 4. The molecule has 1 unspecified atom stereocenters. The third-order valence-corrected chi connectivity index (χ3v) is 1.62. The van der Waals surface area contributed by atoms with Crippen LogP contribution in [0.1, 0.15) is 18.5 Å². The summed E-state index contributed by atoms with van der Waals surface area (Å²) >= 11 is 0. The van der Waals surface area contributed by atoms with Crippen LogP contribution in [-0.4, -0.2) is 21.0 Å². The zero-order chi connectivity index (χ0) is 10.0. The van der Waals surface area contributed by atoms with Gasteiger partial charge in [0.05, 0.1) is 5.92 Å². The molecular weight excluding hydrogens is 174 g/mol. The fourth-order valence-electron chi connectivity index (χ4n) is 0.863. The fourth-order valence-corrected chi connectivity index (χ4v) is 0.863. The van der Waals surface area contributed by atoms with Gasteiger partial charge in [-0.2, -0.15) is 4.98 Å². The van der Waals surface area contributed by atoms with Crippen LogP contribution in [-0.2, 0) is 4.79 Å². The van der Waals surface area contributed by atoms with Crippen molar-refractivity contribution in [2.45, 2.75) is 12.8 Å². The summed E-state index contributed by atoms with van der Waals surface area (Å²) in [5.74, 6) is -1.80. The van der Waals surface area contributed by atoms with E-state index in [1.54, 1.807) is 0 Å². The smallest absolute Gasteiger partial charge is 0.347 e. The molecule has 1 rings (SSSR count). The first kappa shape index (κ1) is 9.24. The molecular formula is C7H9N3O3. The molecule has 0 fully saturated rings. The van der Waals surface area contributed by atoms with Gasteiger partial charge < -0.3 is 15.8 Å². The Bertz CT molecular complexity index is 385. The van der Waals surface area contributed by atoms with E-state index in [4.69, 9.17) is 10.8 Å². The van der Waals surface area contributed by atoms with Crippen LogP contribution in [0.15, 0.2) is 10.9 Å². The van der Waals surface area contributed by atoms with Crippen molar-refractivity contribution in [2.75, 3.05) is 5.73 Å². The molecule has 0 amide bonds. The van der Waals surface area contributed by atoms with Crippen molar-refractivity contribution in [2.24, 2.45) is 0 Å². The lowest BCUT2D eigenvalue weighted by Crippen LogP contribution is -2.19. The summed E-state index contributed by atoms with van der Waals surface area (Å²) in [6.45, 7) is 1.45. The van der Waals surface area contributed by atoms with Gasteiger partial charge in [-0.05, 0) is 6.92 Å². The summed E-state index contributed by atoms with van der Waals surface area (Å²) in [6.07, 6.45) is 0. The minimum atomic E-state index is -1.03. The monoisotopic (exact) mass is 183 g/mol. The number of carbonyl (C=O) groups is 1. The predicted molar refractivity (Wildman–Crippen MR) is 45.3 cm³/mol. The van der Waals surface area contributed by atoms with Gasteiger partial charge in [-0.25, -0.2) is 4.79 Å². The zero-order valence-corrected chi connectivity index (χ0v) is 6.94. The van der Waals surface area contributed by atoms with E-state index < -0.39 is 17.6 Å². The van der Waals surface area contributed by atoms with Crippen LogP contribution in [0.3, 0.4) is 0 Å². The molecule has 1 aromatic rings. The zero-order valence-electron chi connectivity index (χ0n) is 6.94. The Hall–Kier alpha value is -1.85. The second kappa shape index (κ2) is 3.26. The van der Waals surface area contributed by atoms with Crippen LogP contribution in [0, 0.1) is 0 Å². The summed E-state index contributed by atoms with van der Waals surface area (Å²) < 4.78 is 0. The molecule has 0 bridgehead atoms. The van der Waals surface area contributed by atoms with Crippen LogP contribution in [0.4, 0.5) is 5.82 Å². The van der Waals surface area contributed by atoms with Crippen LogP contribution >= 0.6 is 0 Å². The SMILES string of the molecule is CC(C(=O)O)c1cc(N)nc(=O)[nH]1. The van der Waals surface area contributed by atoms with Crippen molar-refractivity contribution in [3.8, 4) is 0 Å². The van der Waals surface area contributed by atoms with Gasteiger partial charge in [0.25, 0.3) is 0 Å². The number of H-pyrrole nitrogens is 1. The molecule has 6 nitrogen and oxygen atoms in total. The third-order valence-electron chi connectivity index (χ3n) is 1.62. The van der Waals surface area contributed by atoms with Gasteiger partial charge in [-0.15, -0.1) is 0 Å². The lowest BCUT2D eigenvalue weighted by atomic mass is 10.1. The number of anilines is 1. The maximum Gasteiger partial charge on any atom is 0.347 e. The third kappa shape index (κ3) is 2.05. The topological polar surface area (TPSA) is 109 Å². The van der Waals surface area contributed by atoms with Crippen LogP contribution in [0.25, 0.3) is 0 Å². The van der Waals surface area contributed by atoms with E-state index in [1.807, 2.05) is 0 Å². The number of nitrogens with one attached hydrogen (secondary N) is 1. The number of aliphatic carboxylic acids is 1. The van der Waals surface area contributed by atoms with Gasteiger partial charge in [0.2, 0.25) is 0 Å². The number of hydrogen-bond donors (Lipinski definition) is 3. The molecule has 4 N–H and O–H groups in total. The Morgan fingerprint density at radius 3 is 2.85 bits per heavy atom. The molecule has 70 valence electrons. The normalized spacial score (nSPS) is 12.4. The van der Waals surface area contributed by atoms with Crippen molar-refractivity contribution in [1.29, 1.82) is 0 Å². The van der Waals surface area contributed by atoms with Crippen molar-refractivity contribution < 1.29 is 9.90 Å². The minimum Gasteiger partial charge on any atom is -0.481 e. The van der Waals surface area contributed by atoms with Gasteiger partial charge >= 0.3 is 11.7 Å². The fraction of sp³-hybridized carbons (Fsp3) is 0.286. The Balaban J connectivity index is 3.15. The van der Waals surface area contributed by atoms with Gasteiger partial charge in [-0.1, -0.05) is 0 Å². The first-order chi connectivity index (χ1) is 6.00. The molecule has 0 saturated carbocycles. The van der Waals surface area contributed by atoms with E-state index in [0.717, 1.165) is 0 Å². The van der Waals surface area contributed by atoms with Gasteiger partial charge in [-0.3, -0.25) is 4.79 Å². The number of aromatic amines is 1. The Labute approximate surface area is 73.4 Å². The molecule has 1 atom stereocenters. The standard InChI is InChI=1S/C7H9N3O3/c1-3(6(11)12)4-2-5(8)10-7(13)9-4/h2-3H,1H3,(H,11,12)(H3,8,9,10,13). The van der Waals surface area contributed by atoms with E-state index in [1.165, 1.54) is 13.0 Å². The first-order valence-electron chi connectivity index (χ1n) is 3.60.